The molecule has 0 bridgehead atoms. The molecular weight excluding hydrogens is 481 g/mol. The summed E-state index contributed by atoms with van der Waals surface area (Å²) in [5, 5.41) is 2.94. The Bertz CT molecular complexity index is 1110. The normalized spacial score (nSPS) is 12.1. The number of amides is 2. The molecule has 7 nitrogen and oxygen atoms in total. The second-order valence-electron chi connectivity index (χ2n) is 8.93. The molecule has 36 heavy (non-hydrogen) atoms. The number of benzene rings is 2. The molecule has 0 aliphatic heterocycles. The first-order valence-electron chi connectivity index (χ1n) is 12.4. The largest absolute Gasteiger partial charge is 0.354 e. The van der Waals surface area contributed by atoms with Crippen molar-refractivity contribution in [1.29, 1.82) is 0 Å². The molecule has 1 atom stereocenters. The van der Waals surface area contributed by atoms with Gasteiger partial charge in [-0.3, -0.25) is 13.9 Å². The van der Waals surface area contributed by atoms with Crippen LogP contribution in [-0.4, -0.2) is 50.5 Å². The number of nitrogens with zero attached hydrogens (tertiary/aromatic N) is 2. The molecule has 2 amide bonds. The summed E-state index contributed by atoms with van der Waals surface area (Å²) < 4.78 is 39.2. The van der Waals surface area contributed by atoms with Crippen molar-refractivity contribution in [1.82, 2.24) is 10.2 Å². The van der Waals surface area contributed by atoms with Gasteiger partial charge in [-0.25, -0.2) is 12.8 Å². The lowest BCUT2D eigenvalue weighted by atomic mass is 10.1. The molecule has 198 valence electrons. The van der Waals surface area contributed by atoms with Crippen LogP contribution in [0.1, 0.15) is 57.1 Å². The molecule has 0 aliphatic carbocycles. The van der Waals surface area contributed by atoms with E-state index in [1.807, 2.05) is 45.0 Å². The van der Waals surface area contributed by atoms with Gasteiger partial charge in [-0.1, -0.05) is 44.5 Å². The Morgan fingerprint density at radius 2 is 1.69 bits per heavy atom. The number of carbonyl (C=O) groups excluding carboxylic acids is 2. The summed E-state index contributed by atoms with van der Waals surface area (Å²) in [5.74, 6) is -0.864. The van der Waals surface area contributed by atoms with E-state index in [2.05, 4.69) is 5.32 Å². The molecule has 0 aromatic heterocycles. The second-order valence-corrected chi connectivity index (χ2v) is 10.8. The van der Waals surface area contributed by atoms with E-state index in [1.165, 1.54) is 28.6 Å². The molecule has 0 aliphatic rings. The second kappa shape index (κ2) is 14.0. The van der Waals surface area contributed by atoms with Crippen molar-refractivity contribution in [3.05, 3.63) is 65.5 Å². The van der Waals surface area contributed by atoms with E-state index in [-0.39, 0.29) is 31.2 Å². The fourth-order valence-corrected chi connectivity index (χ4v) is 4.97. The summed E-state index contributed by atoms with van der Waals surface area (Å²) in [6, 6.07) is 12.3. The van der Waals surface area contributed by atoms with Gasteiger partial charge in [0.25, 0.3) is 0 Å². The van der Waals surface area contributed by atoms with Gasteiger partial charge >= 0.3 is 0 Å². The summed E-state index contributed by atoms with van der Waals surface area (Å²) in [6.45, 7) is 6.80. The van der Waals surface area contributed by atoms with Crippen LogP contribution in [0.4, 0.5) is 10.1 Å². The number of anilines is 1. The van der Waals surface area contributed by atoms with Crippen LogP contribution in [0.15, 0.2) is 48.5 Å². The van der Waals surface area contributed by atoms with Gasteiger partial charge in [-0.2, -0.15) is 0 Å². The van der Waals surface area contributed by atoms with Crippen LogP contribution in [0.25, 0.3) is 0 Å². The first-order chi connectivity index (χ1) is 17.1. The van der Waals surface area contributed by atoms with Crippen LogP contribution in [0.2, 0.25) is 0 Å². The number of unbranched alkanes of at least 4 members (excludes halogenated alkanes) is 1. The molecule has 0 fully saturated rings. The van der Waals surface area contributed by atoms with Crippen molar-refractivity contribution < 1.29 is 22.4 Å². The lowest BCUT2D eigenvalue weighted by molar-refractivity contribution is -0.141. The Kier molecular flexibility index (Phi) is 11.4. The van der Waals surface area contributed by atoms with Crippen LogP contribution in [0, 0.1) is 12.7 Å². The number of sulfonamides is 1. The highest BCUT2D eigenvalue weighted by atomic mass is 32.2. The number of carbonyl (C=O) groups is 2. The first-order valence-corrected chi connectivity index (χ1v) is 14.3. The van der Waals surface area contributed by atoms with Gasteiger partial charge in [0.1, 0.15) is 11.9 Å². The summed E-state index contributed by atoms with van der Waals surface area (Å²) in [6.07, 6.45) is 3.67. The Morgan fingerprint density at radius 1 is 1.03 bits per heavy atom. The zero-order chi connectivity index (χ0) is 26.7. The smallest absolute Gasteiger partial charge is 0.242 e. The summed E-state index contributed by atoms with van der Waals surface area (Å²) in [7, 11) is -3.63. The Morgan fingerprint density at radius 3 is 2.28 bits per heavy atom. The van der Waals surface area contributed by atoms with E-state index < -0.39 is 21.9 Å². The zero-order valence-corrected chi connectivity index (χ0v) is 22.5. The van der Waals surface area contributed by atoms with Gasteiger partial charge in [-0.15, -0.1) is 0 Å². The van der Waals surface area contributed by atoms with Crippen molar-refractivity contribution >= 4 is 27.5 Å². The third-order valence-corrected chi connectivity index (χ3v) is 7.28. The van der Waals surface area contributed by atoms with Gasteiger partial charge in [0, 0.05) is 26.1 Å². The first kappa shape index (κ1) is 29.3. The average Bonchev–Trinajstić information content (AvgIpc) is 2.83. The fourth-order valence-electron chi connectivity index (χ4n) is 4.01. The SMILES string of the molecule is CCCCNC(=O)C(CC)N(Cc1ccccc1C)C(=O)CCCN(c1ccc(F)cc1)S(C)(=O)=O. The van der Waals surface area contributed by atoms with E-state index in [0.29, 0.717) is 25.2 Å². The number of hydrogen-bond donors (Lipinski definition) is 1. The molecule has 0 saturated heterocycles. The minimum Gasteiger partial charge on any atom is -0.354 e. The molecule has 0 spiro atoms. The number of aryl methyl sites for hydroxylation is 1. The maximum atomic E-state index is 13.4. The molecule has 2 aromatic rings. The summed E-state index contributed by atoms with van der Waals surface area (Å²) >= 11 is 0. The number of nitrogens with one attached hydrogen (secondary N) is 1. The third kappa shape index (κ3) is 8.62. The Labute approximate surface area is 214 Å². The minimum atomic E-state index is -3.63. The van der Waals surface area contributed by atoms with Gasteiger partial charge in [0.15, 0.2) is 0 Å². The minimum absolute atomic E-state index is 0.0634. The maximum absolute atomic E-state index is 13.4. The molecule has 0 heterocycles. The lowest BCUT2D eigenvalue weighted by Gasteiger charge is -2.31. The lowest BCUT2D eigenvalue weighted by Crippen LogP contribution is -2.49. The van der Waals surface area contributed by atoms with Crippen LogP contribution in [0.5, 0.6) is 0 Å². The van der Waals surface area contributed by atoms with Crippen LogP contribution in [-0.2, 0) is 26.2 Å². The average molecular weight is 520 g/mol. The monoisotopic (exact) mass is 519 g/mol. The highest BCUT2D eigenvalue weighted by molar-refractivity contribution is 7.92. The molecule has 0 saturated carbocycles. The molecule has 1 N–H and O–H groups in total. The number of hydrogen-bond acceptors (Lipinski definition) is 4. The topological polar surface area (TPSA) is 86.8 Å². The van der Waals surface area contributed by atoms with Crippen molar-refractivity contribution in [2.75, 3.05) is 23.7 Å². The molecule has 2 aromatic carbocycles. The van der Waals surface area contributed by atoms with Crippen LogP contribution < -0.4 is 9.62 Å². The standard InChI is InChI=1S/C27H38FN3O4S/c1-5-7-18-29-27(33)25(6-2)30(20-22-12-9-8-11-21(22)3)26(32)13-10-19-31(36(4,34)35)24-16-14-23(28)15-17-24/h8-9,11-12,14-17,25H,5-7,10,13,18-20H2,1-4H3,(H,29,33). The highest BCUT2D eigenvalue weighted by Crippen LogP contribution is 2.20. The van der Waals surface area contributed by atoms with Gasteiger partial charge in [0.2, 0.25) is 21.8 Å². The Balaban J connectivity index is 2.20. The van der Waals surface area contributed by atoms with Gasteiger partial charge < -0.3 is 10.2 Å². The van der Waals surface area contributed by atoms with E-state index in [4.69, 9.17) is 0 Å². The molecule has 1 unspecified atom stereocenters. The van der Waals surface area contributed by atoms with Gasteiger partial charge in [-0.05, 0) is 61.6 Å². The van der Waals surface area contributed by atoms with Crippen molar-refractivity contribution in [3.63, 3.8) is 0 Å². The zero-order valence-electron chi connectivity index (χ0n) is 21.7. The van der Waals surface area contributed by atoms with Crippen molar-refractivity contribution in [3.8, 4) is 0 Å². The van der Waals surface area contributed by atoms with Crippen molar-refractivity contribution in [2.45, 2.75) is 65.5 Å². The van der Waals surface area contributed by atoms with Crippen LogP contribution >= 0.6 is 0 Å². The highest BCUT2D eigenvalue weighted by Gasteiger charge is 2.29. The van der Waals surface area contributed by atoms with Crippen molar-refractivity contribution in [2.24, 2.45) is 0 Å². The number of rotatable bonds is 14. The van der Waals surface area contributed by atoms with Gasteiger partial charge in [0.05, 0.1) is 11.9 Å². The van der Waals surface area contributed by atoms with E-state index in [0.717, 1.165) is 30.2 Å². The molecule has 9 heteroatoms. The maximum Gasteiger partial charge on any atom is 0.242 e. The van der Waals surface area contributed by atoms with E-state index >= 15 is 0 Å². The fraction of sp³-hybridized carbons (Fsp3) is 0.481. The molecular formula is C27H38FN3O4S. The van der Waals surface area contributed by atoms with Crippen LogP contribution in [0.3, 0.4) is 0 Å². The predicted molar refractivity (Wildman–Crippen MR) is 142 cm³/mol. The quantitative estimate of drug-likeness (QED) is 0.375. The molecule has 2 rings (SSSR count). The molecule has 0 radical (unpaired) electrons. The third-order valence-electron chi connectivity index (χ3n) is 6.08. The van der Waals surface area contributed by atoms with E-state index in [1.54, 1.807) is 4.90 Å². The van der Waals surface area contributed by atoms with E-state index in [9.17, 15) is 22.4 Å². The summed E-state index contributed by atoms with van der Waals surface area (Å²) in [5.41, 5.74) is 2.32. The predicted octanol–water partition coefficient (Wildman–Crippen LogP) is 4.40. The summed E-state index contributed by atoms with van der Waals surface area (Å²) in [4.78, 5) is 28.0. The number of halogens is 1. The Hall–Kier alpha value is -2.94.